The Bertz CT molecular complexity index is 261. The molecule has 0 amide bonds. The van der Waals surface area contributed by atoms with E-state index in [2.05, 4.69) is 4.99 Å². The van der Waals surface area contributed by atoms with Gasteiger partial charge in [-0.15, -0.1) is 0 Å². The highest BCUT2D eigenvalue weighted by molar-refractivity contribution is 7.79. The standard InChI is InChI=1S/C5H8N2.H2O4S/c1-7-4-2-3-6-5-7;1-5(2,3)4/h2-3,5H,4H2,1H3;(H2,1,2,3,4). The Morgan fingerprint density at radius 1 is 1.50 bits per heavy atom. The Morgan fingerprint density at radius 3 is 2.17 bits per heavy atom. The van der Waals surface area contributed by atoms with Crippen LogP contribution in [0.5, 0.6) is 0 Å². The van der Waals surface area contributed by atoms with Crippen LogP contribution in [-0.2, 0) is 10.4 Å². The van der Waals surface area contributed by atoms with Gasteiger partial charge in [0, 0.05) is 19.8 Å². The van der Waals surface area contributed by atoms with Crippen molar-refractivity contribution in [3.8, 4) is 0 Å². The summed E-state index contributed by atoms with van der Waals surface area (Å²) in [5, 5.41) is 0. The van der Waals surface area contributed by atoms with E-state index in [-0.39, 0.29) is 0 Å². The number of rotatable bonds is 0. The van der Waals surface area contributed by atoms with Gasteiger partial charge in [-0.1, -0.05) is 0 Å². The van der Waals surface area contributed by atoms with Gasteiger partial charge in [0.1, 0.15) is 0 Å². The van der Waals surface area contributed by atoms with Crippen LogP contribution in [0.3, 0.4) is 0 Å². The summed E-state index contributed by atoms with van der Waals surface area (Å²) in [6.07, 6.45) is 5.62. The van der Waals surface area contributed by atoms with Gasteiger partial charge in [0.05, 0.1) is 6.34 Å². The highest BCUT2D eigenvalue weighted by Crippen LogP contribution is 1.86. The van der Waals surface area contributed by atoms with Crippen molar-refractivity contribution >= 4 is 16.7 Å². The van der Waals surface area contributed by atoms with E-state index < -0.39 is 10.4 Å². The summed E-state index contributed by atoms with van der Waals surface area (Å²) >= 11 is 0. The van der Waals surface area contributed by atoms with Crippen molar-refractivity contribution in [2.45, 2.75) is 0 Å². The topological polar surface area (TPSA) is 90.2 Å². The molecule has 1 heterocycles. The fourth-order valence-corrected chi connectivity index (χ4v) is 0.474. The first-order chi connectivity index (χ1) is 5.39. The zero-order valence-corrected chi connectivity index (χ0v) is 7.27. The van der Waals surface area contributed by atoms with E-state index >= 15 is 0 Å². The number of nitrogens with zero attached hydrogens (tertiary/aromatic N) is 2. The van der Waals surface area contributed by atoms with Crippen molar-refractivity contribution in [3.05, 3.63) is 12.3 Å². The predicted molar refractivity (Wildman–Crippen MR) is 44.4 cm³/mol. The summed E-state index contributed by atoms with van der Waals surface area (Å²) in [4.78, 5) is 5.89. The predicted octanol–water partition coefficient (Wildman–Crippen LogP) is -0.179. The van der Waals surface area contributed by atoms with Gasteiger partial charge in [0.2, 0.25) is 0 Å². The summed E-state index contributed by atoms with van der Waals surface area (Å²) in [6, 6.07) is 0. The molecule has 0 atom stereocenters. The molecule has 6 nitrogen and oxygen atoms in total. The Kier molecular flexibility index (Phi) is 4.49. The lowest BCUT2D eigenvalue weighted by Crippen LogP contribution is -2.17. The van der Waals surface area contributed by atoms with Gasteiger partial charge in [-0.2, -0.15) is 8.42 Å². The largest absolute Gasteiger partial charge is 0.394 e. The molecule has 1 aliphatic rings. The quantitative estimate of drug-likeness (QED) is 0.522. The Balaban J connectivity index is 0.000000217. The van der Waals surface area contributed by atoms with Crippen LogP contribution in [0.15, 0.2) is 17.3 Å². The van der Waals surface area contributed by atoms with Crippen LogP contribution in [-0.4, -0.2) is 42.4 Å². The maximum Gasteiger partial charge on any atom is 0.394 e. The van der Waals surface area contributed by atoms with Gasteiger partial charge < -0.3 is 4.90 Å². The monoisotopic (exact) mass is 194 g/mol. The Labute approximate surface area is 70.8 Å². The molecule has 0 fully saturated rings. The average molecular weight is 194 g/mol. The van der Waals surface area contributed by atoms with Crippen molar-refractivity contribution in [2.24, 2.45) is 4.99 Å². The lowest BCUT2D eigenvalue weighted by atomic mass is 10.5. The molecular weight excluding hydrogens is 184 g/mol. The van der Waals surface area contributed by atoms with Crippen LogP contribution >= 0.6 is 0 Å². The van der Waals surface area contributed by atoms with E-state index in [1.807, 2.05) is 18.0 Å². The minimum absolute atomic E-state index is 0.990. The minimum atomic E-state index is -4.67. The maximum absolute atomic E-state index is 8.74. The maximum atomic E-state index is 8.74. The van der Waals surface area contributed by atoms with Crippen LogP contribution < -0.4 is 0 Å². The van der Waals surface area contributed by atoms with Crippen LogP contribution in [0, 0.1) is 0 Å². The molecule has 70 valence electrons. The van der Waals surface area contributed by atoms with Gasteiger partial charge in [0.15, 0.2) is 0 Å². The second-order valence-corrected chi connectivity index (χ2v) is 2.93. The lowest BCUT2D eigenvalue weighted by molar-refractivity contribution is 0.381. The molecule has 7 heteroatoms. The highest BCUT2D eigenvalue weighted by atomic mass is 32.3. The first-order valence-electron chi connectivity index (χ1n) is 2.98. The normalized spacial score (nSPS) is 15.4. The molecule has 0 aromatic heterocycles. The second kappa shape index (κ2) is 4.86. The van der Waals surface area contributed by atoms with E-state index in [1.165, 1.54) is 0 Å². The minimum Gasteiger partial charge on any atom is -0.362 e. The fraction of sp³-hybridized carbons (Fsp3) is 0.400. The molecule has 1 aliphatic heterocycles. The van der Waals surface area contributed by atoms with Crippen LogP contribution in [0.4, 0.5) is 0 Å². The zero-order valence-electron chi connectivity index (χ0n) is 6.45. The third-order valence-electron chi connectivity index (χ3n) is 0.849. The molecule has 0 spiro atoms. The second-order valence-electron chi connectivity index (χ2n) is 2.04. The van der Waals surface area contributed by atoms with E-state index in [4.69, 9.17) is 17.5 Å². The van der Waals surface area contributed by atoms with Crippen molar-refractivity contribution in [1.82, 2.24) is 4.90 Å². The van der Waals surface area contributed by atoms with Crippen molar-refractivity contribution in [1.29, 1.82) is 0 Å². The van der Waals surface area contributed by atoms with Crippen LogP contribution in [0.1, 0.15) is 0 Å². The zero-order chi connectivity index (χ0) is 9.61. The average Bonchev–Trinajstić information content (AvgIpc) is 1.85. The van der Waals surface area contributed by atoms with Crippen molar-refractivity contribution in [3.63, 3.8) is 0 Å². The molecule has 0 saturated carbocycles. The van der Waals surface area contributed by atoms with Gasteiger partial charge >= 0.3 is 10.4 Å². The SMILES string of the molecule is CN1C=NC=CC1.O=S(=O)(O)O. The molecule has 0 bridgehead atoms. The summed E-state index contributed by atoms with van der Waals surface area (Å²) in [6.45, 7) is 0.990. The number of likely N-dealkylation sites (N-methyl/N-ethyl adjacent to an activating group) is 1. The highest BCUT2D eigenvalue weighted by Gasteiger charge is 1.87. The van der Waals surface area contributed by atoms with E-state index in [0.29, 0.717) is 0 Å². The molecule has 12 heavy (non-hydrogen) atoms. The van der Waals surface area contributed by atoms with Gasteiger partial charge in [-0.05, 0) is 6.08 Å². The van der Waals surface area contributed by atoms with Gasteiger partial charge in [-0.3, -0.25) is 9.11 Å². The van der Waals surface area contributed by atoms with Crippen LogP contribution in [0.25, 0.3) is 0 Å². The molecular formula is C5H10N2O4S. The Hall–Kier alpha value is -0.920. The lowest BCUT2D eigenvalue weighted by Gasteiger charge is -2.10. The molecule has 0 radical (unpaired) electrons. The molecule has 0 saturated heterocycles. The van der Waals surface area contributed by atoms with E-state index in [0.717, 1.165) is 6.54 Å². The molecule has 0 aromatic rings. The smallest absolute Gasteiger partial charge is 0.362 e. The summed E-state index contributed by atoms with van der Waals surface area (Å²) in [5.74, 6) is 0. The molecule has 0 unspecified atom stereocenters. The van der Waals surface area contributed by atoms with Crippen molar-refractivity contribution < 1.29 is 17.5 Å². The van der Waals surface area contributed by atoms with E-state index in [9.17, 15) is 0 Å². The number of hydrogen-bond acceptors (Lipinski definition) is 4. The Morgan fingerprint density at radius 2 is 2.00 bits per heavy atom. The van der Waals surface area contributed by atoms with E-state index in [1.54, 1.807) is 12.5 Å². The summed E-state index contributed by atoms with van der Waals surface area (Å²) in [5.41, 5.74) is 0. The summed E-state index contributed by atoms with van der Waals surface area (Å²) < 4.78 is 31.6. The van der Waals surface area contributed by atoms with Gasteiger partial charge in [0.25, 0.3) is 0 Å². The third kappa shape index (κ3) is 11.8. The molecule has 1 rings (SSSR count). The number of aliphatic imine (C=N–C) groups is 1. The first kappa shape index (κ1) is 11.1. The molecule has 0 aromatic carbocycles. The van der Waals surface area contributed by atoms with Crippen molar-refractivity contribution in [2.75, 3.05) is 13.6 Å². The number of hydrogen-bond donors (Lipinski definition) is 2. The molecule has 0 aliphatic carbocycles. The van der Waals surface area contributed by atoms with Gasteiger partial charge in [-0.25, -0.2) is 4.99 Å². The third-order valence-corrected chi connectivity index (χ3v) is 0.849. The first-order valence-corrected chi connectivity index (χ1v) is 4.38. The van der Waals surface area contributed by atoms with Crippen LogP contribution in [0.2, 0.25) is 0 Å². The molecule has 2 N–H and O–H groups in total. The fourth-order valence-electron chi connectivity index (χ4n) is 0.474. The summed E-state index contributed by atoms with van der Waals surface area (Å²) in [7, 11) is -2.67.